The average Bonchev–Trinajstić information content (AvgIpc) is 2.59. The van der Waals surface area contributed by atoms with Crippen molar-refractivity contribution in [3.05, 3.63) is 88.4 Å². The average molecular weight is 383 g/mol. The number of hydrogen-bond donors (Lipinski definition) is 0. The van der Waals surface area contributed by atoms with E-state index >= 15 is 0 Å². The molecule has 0 aliphatic carbocycles. The molecule has 3 aromatic carbocycles. The molecular formula is C20H21BBrP. The van der Waals surface area contributed by atoms with Crippen molar-refractivity contribution in [2.24, 2.45) is 0 Å². The van der Waals surface area contributed by atoms with E-state index in [2.05, 4.69) is 103 Å². The molecule has 0 amide bonds. The molecule has 0 radical (unpaired) electrons. The second kappa shape index (κ2) is 6.63. The molecule has 0 saturated heterocycles. The molecule has 0 spiro atoms. The van der Waals surface area contributed by atoms with Crippen LogP contribution in [0, 0.1) is 13.8 Å². The van der Waals surface area contributed by atoms with Gasteiger partial charge in [-0.05, 0) is 77.3 Å². The third-order valence-electron chi connectivity index (χ3n) is 3.83. The van der Waals surface area contributed by atoms with Crippen LogP contribution in [0.4, 0.5) is 0 Å². The molecule has 0 aromatic heterocycles. The molecule has 0 saturated carbocycles. The summed E-state index contributed by atoms with van der Waals surface area (Å²) in [5.41, 5.74) is 2.74. The highest BCUT2D eigenvalue weighted by atomic mass is 79.9. The first-order chi connectivity index (χ1) is 11.0. The molecule has 23 heavy (non-hydrogen) atoms. The highest BCUT2D eigenvalue weighted by Crippen LogP contribution is 2.52. The molecule has 0 heterocycles. The van der Waals surface area contributed by atoms with Gasteiger partial charge < -0.3 is 0 Å². The quantitative estimate of drug-likeness (QED) is 0.479. The van der Waals surface area contributed by atoms with Crippen molar-refractivity contribution in [2.45, 2.75) is 13.8 Å². The summed E-state index contributed by atoms with van der Waals surface area (Å²) in [6.07, 6.45) is 0. The van der Waals surface area contributed by atoms with Gasteiger partial charge in [0.1, 0.15) is 7.57 Å². The second-order valence-corrected chi connectivity index (χ2v) is 8.43. The Kier molecular flexibility index (Phi) is 4.76. The lowest BCUT2D eigenvalue weighted by Gasteiger charge is -2.31. The van der Waals surface area contributed by atoms with Crippen molar-refractivity contribution < 1.29 is 0 Å². The van der Waals surface area contributed by atoms with Crippen LogP contribution in [0.15, 0.2) is 77.3 Å². The lowest BCUT2D eigenvalue weighted by molar-refractivity contribution is 1.34. The Bertz CT molecular complexity index is 776. The van der Waals surface area contributed by atoms with Gasteiger partial charge in [-0.1, -0.05) is 43.5 Å². The monoisotopic (exact) mass is 382 g/mol. The van der Waals surface area contributed by atoms with Crippen LogP contribution >= 0.6 is 23.1 Å². The third kappa shape index (κ3) is 3.03. The van der Waals surface area contributed by atoms with E-state index in [-0.39, 0.29) is 7.57 Å². The number of halogens is 1. The van der Waals surface area contributed by atoms with Crippen molar-refractivity contribution in [3.8, 4) is 0 Å². The van der Waals surface area contributed by atoms with E-state index in [0.29, 0.717) is 0 Å². The molecule has 0 unspecified atom stereocenters. The summed E-state index contributed by atoms with van der Waals surface area (Å²) in [5, 5.41) is 4.57. The van der Waals surface area contributed by atoms with Gasteiger partial charge in [-0.15, -0.1) is 0 Å². The molecule has 0 nitrogen and oxygen atoms in total. The smallest absolute Gasteiger partial charge is 0.0620 e. The van der Waals surface area contributed by atoms with Crippen molar-refractivity contribution in [3.63, 3.8) is 0 Å². The minimum atomic E-state index is -1.41. The molecule has 116 valence electrons. The maximum atomic E-state index is 3.88. The van der Waals surface area contributed by atoms with Gasteiger partial charge in [-0.25, -0.2) is 0 Å². The first-order valence-corrected chi connectivity index (χ1v) is 9.47. The Morgan fingerprint density at radius 3 is 1.65 bits per heavy atom. The summed E-state index contributed by atoms with van der Waals surface area (Å²) < 4.78 is 1.27. The Hall–Kier alpha value is -1.37. The van der Waals surface area contributed by atoms with E-state index in [4.69, 9.17) is 0 Å². The van der Waals surface area contributed by atoms with Crippen LogP contribution in [0.5, 0.6) is 0 Å². The zero-order valence-corrected chi connectivity index (χ0v) is 15.2. The van der Waals surface area contributed by atoms with E-state index in [9.17, 15) is 0 Å². The maximum absolute atomic E-state index is 3.88. The SMILES string of the molecule is [BH3-][P+](c1ccccc1)(c1ccccc1)c1cc(C)c(C)cc1Br. The number of hydrogen-bond acceptors (Lipinski definition) is 0. The van der Waals surface area contributed by atoms with Crippen molar-refractivity contribution >= 4 is 46.6 Å². The van der Waals surface area contributed by atoms with Gasteiger partial charge in [0.2, 0.25) is 0 Å². The zero-order valence-electron chi connectivity index (χ0n) is 12.8. The normalized spacial score (nSPS) is 11.5. The molecule has 3 rings (SSSR count). The topological polar surface area (TPSA) is 0 Å². The van der Waals surface area contributed by atoms with Crippen molar-refractivity contribution in [2.75, 3.05) is 0 Å². The van der Waals surface area contributed by atoms with Crippen LogP contribution in [0.3, 0.4) is 0 Å². The number of rotatable bonds is 3. The molecular weight excluding hydrogens is 362 g/mol. The van der Waals surface area contributed by atoms with E-state index in [1.165, 1.54) is 31.5 Å². The van der Waals surface area contributed by atoms with Crippen LogP contribution in [-0.4, -0.2) is 7.57 Å². The Morgan fingerprint density at radius 2 is 1.17 bits per heavy atom. The van der Waals surface area contributed by atoms with Gasteiger partial charge in [0, 0.05) is 0 Å². The van der Waals surface area contributed by atoms with Crippen LogP contribution in [0.2, 0.25) is 0 Å². The van der Waals surface area contributed by atoms with Gasteiger partial charge in [-0.3, -0.25) is 0 Å². The largest absolute Gasteiger partial charge is 0.144 e. The predicted octanol–water partition coefficient (Wildman–Crippen LogP) is 3.64. The van der Waals surface area contributed by atoms with Crippen LogP contribution in [-0.2, 0) is 0 Å². The third-order valence-corrected chi connectivity index (χ3v) is 7.28. The standard InChI is InChI=1S/C20H21BBrP/c1-15-13-19(22)20(14-16(15)2)23(21,17-9-5-3-6-10-17)18-11-7-4-8-12-18/h3-14H,1-2,21H3. The van der Waals surface area contributed by atoms with Crippen molar-refractivity contribution in [1.29, 1.82) is 0 Å². The molecule has 0 N–H and O–H groups in total. The van der Waals surface area contributed by atoms with Gasteiger partial charge in [0.15, 0.2) is 0 Å². The Balaban J connectivity index is 2.32. The fourth-order valence-electron chi connectivity index (χ4n) is 2.52. The number of aryl methyl sites for hydroxylation is 2. The first-order valence-electron chi connectivity index (χ1n) is 7.34. The highest BCUT2D eigenvalue weighted by molar-refractivity contribution is 9.10. The lowest BCUT2D eigenvalue weighted by atomic mass is 10.1. The Morgan fingerprint density at radius 1 is 0.739 bits per heavy atom. The van der Waals surface area contributed by atoms with Gasteiger partial charge in [0.25, 0.3) is 0 Å². The molecule has 0 atom stereocenters. The summed E-state index contributed by atoms with van der Waals surface area (Å²) in [6.45, 7) is 4.42. The van der Waals surface area contributed by atoms with E-state index in [1.54, 1.807) is 0 Å². The molecule has 0 aliphatic rings. The lowest BCUT2D eigenvalue weighted by Crippen LogP contribution is -2.32. The second-order valence-electron chi connectivity index (χ2n) is 5.39. The first kappa shape index (κ1) is 16.5. The van der Waals surface area contributed by atoms with Crippen LogP contribution in [0.25, 0.3) is 0 Å². The predicted molar refractivity (Wildman–Crippen MR) is 112 cm³/mol. The highest BCUT2D eigenvalue weighted by Gasteiger charge is 2.35. The molecule has 0 fully saturated rings. The summed E-state index contributed by atoms with van der Waals surface area (Å²) in [5.74, 6) is 0. The fraction of sp³-hybridized carbons (Fsp3) is 0.100. The maximum Gasteiger partial charge on any atom is 0.144 e. The van der Waals surface area contributed by atoms with Crippen molar-refractivity contribution in [1.82, 2.24) is 0 Å². The Labute approximate surface area is 148 Å². The van der Waals surface area contributed by atoms with E-state index in [1.807, 2.05) is 0 Å². The fourth-order valence-corrected chi connectivity index (χ4v) is 5.90. The molecule has 0 bridgehead atoms. The van der Waals surface area contributed by atoms with Crippen LogP contribution < -0.4 is 15.9 Å². The molecule has 0 aliphatic heterocycles. The van der Waals surface area contributed by atoms with Gasteiger partial charge in [0.05, 0.1) is 20.4 Å². The number of benzene rings is 3. The summed E-state index contributed by atoms with van der Waals surface area (Å²) in [4.78, 5) is 0. The van der Waals surface area contributed by atoms with Gasteiger partial charge >= 0.3 is 0 Å². The minimum absolute atomic E-state index is 0.0533. The van der Waals surface area contributed by atoms with E-state index < -0.39 is 7.14 Å². The zero-order chi connectivity index (χ0) is 16.4. The summed E-state index contributed by atoms with van der Waals surface area (Å²) >= 11 is 3.88. The summed E-state index contributed by atoms with van der Waals surface area (Å²) in [7, 11) is -1.35. The summed E-state index contributed by atoms with van der Waals surface area (Å²) in [6, 6.07) is 27.0. The minimum Gasteiger partial charge on any atom is -0.0620 e. The van der Waals surface area contributed by atoms with Crippen LogP contribution in [0.1, 0.15) is 11.1 Å². The molecule has 3 aromatic rings. The van der Waals surface area contributed by atoms with E-state index in [0.717, 1.165) is 0 Å². The van der Waals surface area contributed by atoms with Gasteiger partial charge in [-0.2, -0.15) is 0 Å². The molecule has 3 heteroatoms.